The van der Waals surface area contributed by atoms with E-state index in [1.165, 1.54) is 283 Å². The Kier molecular flexibility index (Phi) is 76.3. The largest absolute Gasteiger partial charge is 0.472 e. The Morgan fingerprint density at radius 2 is 0.442 bits per heavy atom. The second kappa shape index (κ2) is 77.8. The van der Waals surface area contributed by atoms with Gasteiger partial charge in [0.15, 0.2) is 12.2 Å². The number of unbranched alkanes of at least 4 members (excludes halogenated alkanes) is 57. The van der Waals surface area contributed by atoms with Crippen LogP contribution in [0.15, 0.2) is 0 Å². The molecule has 0 bridgehead atoms. The fourth-order valence-corrected chi connectivity index (χ4v) is 14.9. The number of rotatable bonds is 85. The Bertz CT molecular complexity index is 1980. The molecule has 19 heteroatoms. The average molecular weight is 1520 g/mol. The van der Waals surface area contributed by atoms with Crippen LogP contribution in [-0.4, -0.2) is 96.7 Å². The van der Waals surface area contributed by atoms with E-state index < -0.39 is 97.5 Å². The first-order valence-electron chi connectivity index (χ1n) is 44.1. The number of hydrogen-bond acceptors (Lipinski definition) is 15. The second-order valence-electron chi connectivity index (χ2n) is 31.1. The van der Waals surface area contributed by atoms with Crippen LogP contribution in [0.1, 0.15) is 458 Å². The number of hydrogen-bond donors (Lipinski definition) is 3. The molecule has 3 N–H and O–H groups in total. The van der Waals surface area contributed by atoms with E-state index in [0.717, 1.165) is 95.8 Å². The van der Waals surface area contributed by atoms with Gasteiger partial charge in [-0.05, 0) is 31.6 Å². The predicted molar refractivity (Wildman–Crippen MR) is 428 cm³/mol. The SMILES string of the molecule is CCCCCCCCCCCCCCCCCCCCC(=O)OC[C@H](COP(=O)(O)OC[C@@H](O)COP(=O)(O)OC[C@@H](COC(=O)CCCCCCCCCCCC)OC(=O)CCCCCCCCCCCCCCCCC)OC(=O)CCCCCCCCCCCCCCCCCCCCC(C)C. The average Bonchev–Trinajstić information content (AvgIpc) is 0.905. The summed E-state index contributed by atoms with van der Waals surface area (Å²) >= 11 is 0. The minimum Gasteiger partial charge on any atom is -0.462 e. The molecule has 0 amide bonds. The highest BCUT2D eigenvalue weighted by molar-refractivity contribution is 7.47. The van der Waals surface area contributed by atoms with Crippen LogP contribution >= 0.6 is 15.6 Å². The molecule has 0 aromatic carbocycles. The number of ether oxygens (including phenoxy) is 4. The Balaban J connectivity index is 5.22. The van der Waals surface area contributed by atoms with Gasteiger partial charge in [0, 0.05) is 25.7 Å². The molecule has 104 heavy (non-hydrogen) atoms. The summed E-state index contributed by atoms with van der Waals surface area (Å²) in [5, 5.41) is 10.7. The van der Waals surface area contributed by atoms with Crippen LogP contribution in [0.2, 0.25) is 0 Å². The number of phosphoric acid groups is 2. The van der Waals surface area contributed by atoms with E-state index in [1.807, 2.05) is 0 Å². The molecule has 0 spiro atoms. The van der Waals surface area contributed by atoms with Gasteiger partial charge >= 0.3 is 39.5 Å². The molecule has 618 valence electrons. The molecular formula is C85H166O17P2. The third-order valence-electron chi connectivity index (χ3n) is 20.0. The molecule has 0 radical (unpaired) electrons. The normalized spacial score (nSPS) is 13.8. The van der Waals surface area contributed by atoms with Gasteiger partial charge in [-0.15, -0.1) is 0 Å². The molecule has 0 rings (SSSR count). The van der Waals surface area contributed by atoms with Crippen LogP contribution in [0.3, 0.4) is 0 Å². The standard InChI is InChI=1S/C85H166O17P2/c1-6-9-12-15-18-21-24-26-28-29-33-37-40-44-49-54-59-64-69-83(88)96-75-81(102-85(90)71-66-61-56-51-46-42-38-34-31-30-32-36-39-43-47-52-57-62-67-78(4)5)77-100-104(93,94)98-73-79(86)72-97-103(91,92)99-76-80(74-95-82(87)68-63-58-53-48-23-20-17-14-11-8-3)101-84(89)70-65-60-55-50-45-41-35-27-25-22-19-16-13-10-7-2/h78-81,86H,6-77H2,1-5H3,(H,91,92)(H,93,94)/t79-,80+,81+/m0/s1. The molecule has 2 unspecified atom stereocenters. The fourth-order valence-electron chi connectivity index (χ4n) is 13.3. The third-order valence-corrected chi connectivity index (χ3v) is 21.9. The molecule has 17 nitrogen and oxygen atoms in total. The van der Waals surface area contributed by atoms with E-state index in [-0.39, 0.29) is 25.7 Å². The third kappa shape index (κ3) is 78.2. The molecule has 0 aliphatic carbocycles. The summed E-state index contributed by atoms with van der Waals surface area (Å²) in [6.07, 6.45) is 70.8. The summed E-state index contributed by atoms with van der Waals surface area (Å²) in [6, 6.07) is 0. The number of phosphoric ester groups is 2. The van der Waals surface area contributed by atoms with Gasteiger partial charge in [0.2, 0.25) is 0 Å². The Morgan fingerprint density at radius 3 is 0.654 bits per heavy atom. The summed E-state index contributed by atoms with van der Waals surface area (Å²) in [5.74, 6) is -1.28. The van der Waals surface area contributed by atoms with Crippen LogP contribution in [0.4, 0.5) is 0 Å². The van der Waals surface area contributed by atoms with E-state index in [9.17, 15) is 43.2 Å². The van der Waals surface area contributed by atoms with Crippen LogP contribution in [0, 0.1) is 5.92 Å². The van der Waals surface area contributed by atoms with Crippen molar-refractivity contribution in [2.24, 2.45) is 5.92 Å². The van der Waals surface area contributed by atoms with E-state index in [1.54, 1.807) is 0 Å². The van der Waals surface area contributed by atoms with E-state index >= 15 is 0 Å². The zero-order valence-electron chi connectivity index (χ0n) is 68.2. The van der Waals surface area contributed by atoms with Gasteiger partial charge in [0.05, 0.1) is 26.4 Å². The van der Waals surface area contributed by atoms with E-state index in [0.29, 0.717) is 25.7 Å². The lowest BCUT2D eigenvalue weighted by molar-refractivity contribution is -0.161. The summed E-state index contributed by atoms with van der Waals surface area (Å²) in [6.45, 7) is 7.39. The molecule has 0 aromatic rings. The molecule has 0 saturated heterocycles. The minimum atomic E-state index is -4.96. The van der Waals surface area contributed by atoms with Gasteiger partial charge < -0.3 is 33.8 Å². The van der Waals surface area contributed by atoms with Crippen LogP contribution in [0.25, 0.3) is 0 Å². The summed E-state index contributed by atoms with van der Waals surface area (Å²) < 4.78 is 68.8. The van der Waals surface area contributed by atoms with Crippen molar-refractivity contribution in [2.75, 3.05) is 39.6 Å². The first-order valence-corrected chi connectivity index (χ1v) is 47.1. The van der Waals surface area contributed by atoms with Crippen LogP contribution in [0.5, 0.6) is 0 Å². The lowest BCUT2D eigenvalue weighted by Crippen LogP contribution is -2.30. The molecule has 0 aromatic heterocycles. The molecule has 5 atom stereocenters. The Labute approximate surface area is 638 Å². The van der Waals surface area contributed by atoms with Crippen molar-refractivity contribution >= 4 is 39.5 Å². The van der Waals surface area contributed by atoms with Crippen molar-refractivity contribution in [2.45, 2.75) is 477 Å². The summed E-state index contributed by atoms with van der Waals surface area (Å²) in [5.41, 5.74) is 0. The van der Waals surface area contributed by atoms with E-state index in [2.05, 4.69) is 34.6 Å². The number of aliphatic hydroxyl groups is 1. The lowest BCUT2D eigenvalue weighted by atomic mass is 10.0. The maximum Gasteiger partial charge on any atom is 0.472 e. The van der Waals surface area contributed by atoms with Crippen molar-refractivity contribution in [3.05, 3.63) is 0 Å². The first kappa shape index (κ1) is 102. The minimum absolute atomic E-state index is 0.109. The van der Waals surface area contributed by atoms with Crippen molar-refractivity contribution in [1.82, 2.24) is 0 Å². The van der Waals surface area contributed by atoms with Gasteiger partial charge in [0.1, 0.15) is 19.3 Å². The number of aliphatic hydroxyl groups excluding tert-OH is 1. The zero-order chi connectivity index (χ0) is 76.2. The summed E-state index contributed by atoms with van der Waals surface area (Å²) in [4.78, 5) is 73.2. The fraction of sp³-hybridized carbons (Fsp3) is 0.953. The first-order chi connectivity index (χ1) is 50.5. The van der Waals surface area contributed by atoms with E-state index in [4.69, 9.17) is 37.0 Å². The van der Waals surface area contributed by atoms with Gasteiger partial charge in [-0.2, -0.15) is 0 Å². The quantitative estimate of drug-likeness (QED) is 0.0222. The molecule has 0 heterocycles. The Hall–Kier alpha value is -1.94. The van der Waals surface area contributed by atoms with Crippen molar-refractivity contribution in [3.8, 4) is 0 Å². The van der Waals surface area contributed by atoms with Crippen molar-refractivity contribution in [3.63, 3.8) is 0 Å². The van der Waals surface area contributed by atoms with Crippen LogP contribution < -0.4 is 0 Å². The number of carbonyl (C=O) groups is 4. The van der Waals surface area contributed by atoms with Gasteiger partial charge in [-0.1, -0.05) is 407 Å². The highest BCUT2D eigenvalue weighted by atomic mass is 31.2. The molecular weight excluding hydrogens is 1350 g/mol. The monoisotopic (exact) mass is 1520 g/mol. The highest BCUT2D eigenvalue weighted by Gasteiger charge is 2.30. The maximum atomic E-state index is 13.1. The van der Waals surface area contributed by atoms with Crippen LogP contribution in [-0.2, 0) is 65.4 Å². The number of carbonyl (C=O) groups excluding carboxylic acids is 4. The predicted octanol–water partition coefficient (Wildman–Crippen LogP) is 26.0. The smallest absolute Gasteiger partial charge is 0.462 e. The van der Waals surface area contributed by atoms with Gasteiger partial charge in [-0.25, -0.2) is 9.13 Å². The highest BCUT2D eigenvalue weighted by Crippen LogP contribution is 2.45. The lowest BCUT2D eigenvalue weighted by Gasteiger charge is -2.21. The molecule has 0 saturated carbocycles. The second-order valence-corrected chi connectivity index (χ2v) is 34.0. The molecule has 0 fully saturated rings. The van der Waals surface area contributed by atoms with Crippen molar-refractivity contribution in [1.29, 1.82) is 0 Å². The zero-order valence-corrected chi connectivity index (χ0v) is 70.0. The Morgan fingerprint density at radius 1 is 0.260 bits per heavy atom. The summed E-state index contributed by atoms with van der Waals surface area (Å²) in [7, 11) is -9.92. The topological polar surface area (TPSA) is 237 Å². The number of esters is 4. The maximum absolute atomic E-state index is 13.1. The van der Waals surface area contributed by atoms with Gasteiger partial charge in [0.25, 0.3) is 0 Å². The van der Waals surface area contributed by atoms with Gasteiger partial charge in [-0.3, -0.25) is 37.3 Å². The molecule has 0 aliphatic heterocycles. The van der Waals surface area contributed by atoms with Crippen molar-refractivity contribution < 1.29 is 80.2 Å². The molecule has 0 aliphatic rings.